The average Bonchev–Trinajstić information content (AvgIpc) is 2.76. The number of nitro groups is 1. The number of nitrogens with zero attached hydrogens (tertiary/aromatic N) is 1. The highest BCUT2D eigenvalue weighted by atomic mass is 79.9. The van der Waals surface area contributed by atoms with Gasteiger partial charge in [0.15, 0.2) is 0 Å². The van der Waals surface area contributed by atoms with Gasteiger partial charge in [-0.3, -0.25) is 14.9 Å². The van der Waals surface area contributed by atoms with E-state index in [0.29, 0.717) is 19.3 Å². The summed E-state index contributed by atoms with van der Waals surface area (Å²) in [6.07, 6.45) is 1.75. The lowest BCUT2D eigenvalue weighted by Crippen LogP contribution is -2.40. The minimum Gasteiger partial charge on any atom is -0.481 e. The van der Waals surface area contributed by atoms with Crippen molar-refractivity contribution in [3.05, 3.63) is 32.5 Å². The second-order valence-electron chi connectivity index (χ2n) is 5.35. The zero-order valence-electron chi connectivity index (χ0n) is 11.2. The molecule has 0 spiro atoms. The maximum Gasteiger partial charge on any atom is 0.311 e. The Balaban J connectivity index is 2.37. The van der Waals surface area contributed by atoms with Crippen LogP contribution in [0.2, 0.25) is 0 Å². The third-order valence-electron chi connectivity index (χ3n) is 4.01. The molecule has 0 bridgehead atoms. The fraction of sp³-hybridized carbons (Fsp3) is 0.462. The molecular weight excluding hydrogens is 347 g/mol. The topological polar surface area (TPSA) is 92.5 Å². The molecule has 2 unspecified atom stereocenters. The molecule has 1 aliphatic rings. The molecule has 0 aliphatic heterocycles. The number of carbonyl (C=O) groups is 1. The van der Waals surface area contributed by atoms with Crippen LogP contribution in [0.25, 0.3) is 0 Å². The van der Waals surface area contributed by atoms with Crippen molar-refractivity contribution in [1.82, 2.24) is 0 Å². The molecular formula is C13H14BrFN2O4. The van der Waals surface area contributed by atoms with E-state index >= 15 is 0 Å². The van der Waals surface area contributed by atoms with Gasteiger partial charge in [0, 0.05) is 18.2 Å². The van der Waals surface area contributed by atoms with Gasteiger partial charge in [-0.2, -0.15) is 0 Å². The Labute approximate surface area is 128 Å². The fourth-order valence-electron chi connectivity index (χ4n) is 2.64. The average molecular weight is 361 g/mol. The fourth-order valence-corrected chi connectivity index (χ4v) is 2.98. The molecule has 2 rings (SSSR count). The lowest BCUT2D eigenvalue weighted by molar-refractivity contribution is -0.384. The van der Waals surface area contributed by atoms with E-state index < -0.39 is 28.2 Å². The summed E-state index contributed by atoms with van der Waals surface area (Å²) in [6, 6.07) is 1.61. The van der Waals surface area contributed by atoms with E-state index in [1.165, 1.54) is 0 Å². The van der Waals surface area contributed by atoms with Crippen molar-refractivity contribution in [2.24, 2.45) is 5.41 Å². The Kier molecular flexibility index (Phi) is 4.18. The van der Waals surface area contributed by atoms with Gasteiger partial charge in [-0.05, 0) is 35.7 Å². The van der Waals surface area contributed by atoms with Gasteiger partial charge in [-0.25, -0.2) is 4.39 Å². The molecule has 0 aromatic heterocycles. The Morgan fingerprint density at radius 3 is 2.86 bits per heavy atom. The molecule has 1 aromatic rings. The molecule has 21 heavy (non-hydrogen) atoms. The van der Waals surface area contributed by atoms with Crippen molar-refractivity contribution >= 4 is 33.3 Å². The maximum absolute atomic E-state index is 13.6. The number of carboxylic acids is 1. The van der Waals surface area contributed by atoms with Crippen LogP contribution in [-0.4, -0.2) is 22.0 Å². The van der Waals surface area contributed by atoms with E-state index in [1.807, 2.05) is 0 Å². The number of benzene rings is 1. The third-order valence-corrected chi connectivity index (χ3v) is 4.62. The molecule has 0 radical (unpaired) electrons. The second kappa shape index (κ2) is 5.59. The number of rotatable bonds is 4. The minimum absolute atomic E-state index is 0.0000694. The predicted octanol–water partition coefficient (Wildman–Crippen LogP) is 3.55. The van der Waals surface area contributed by atoms with Crippen LogP contribution in [0.15, 0.2) is 16.6 Å². The Morgan fingerprint density at radius 1 is 1.62 bits per heavy atom. The Morgan fingerprint density at radius 2 is 2.29 bits per heavy atom. The van der Waals surface area contributed by atoms with Gasteiger partial charge < -0.3 is 10.4 Å². The first-order valence-electron chi connectivity index (χ1n) is 6.39. The van der Waals surface area contributed by atoms with Crippen molar-refractivity contribution in [2.45, 2.75) is 32.2 Å². The van der Waals surface area contributed by atoms with Gasteiger partial charge >= 0.3 is 5.97 Å². The molecule has 8 heteroatoms. The van der Waals surface area contributed by atoms with E-state index in [0.717, 1.165) is 12.1 Å². The molecule has 1 aliphatic carbocycles. The normalized spacial score (nSPS) is 24.8. The number of nitrogens with one attached hydrogen (secondary N) is 1. The number of aliphatic carboxylic acids is 1. The first-order chi connectivity index (χ1) is 9.75. The SMILES string of the molecule is CC1(C(=O)O)CCCC1Nc1cc(F)c(Br)cc1[N+](=O)[O-]. The van der Waals surface area contributed by atoms with E-state index in [9.17, 15) is 24.4 Å². The number of nitro benzene ring substituents is 1. The van der Waals surface area contributed by atoms with Crippen LogP contribution in [-0.2, 0) is 4.79 Å². The summed E-state index contributed by atoms with van der Waals surface area (Å²) in [5.41, 5.74) is -1.31. The third kappa shape index (κ3) is 2.85. The van der Waals surface area contributed by atoms with Crippen molar-refractivity contribution < 1.29 is 19.2 Å². The molecule has 0 heterocycles. The molecule has 2 atom stereocenters. The zero-order valence-corrected chi connectivity index (χ0v) is 12.8. The smallest absolute Gasteiger partial charge is 0.311 e. The van der Waals surface area contributed by atoms with Crippen molar-refractivity contribution in [3.8, 4) is 0 Å². The van der Waals surface area contributed by atoms with Crippen LogP contribution >= 0.6 is 15.9 Å². The summed E-state index contributed by atoms with van der Waals surface area (Å²) in [6.45, 7) is 1.60. The number of hydrogen-bond donors (Lipinski definition) is 2. The lowest BCUT2D eigenvalue weighted by atomic mass is 9.85. The number of anilines is 1. The molecule has 0 saturated heterocycles. The lowest BCUT2D eigenvalue weighted by Gasteiger charge is -2.28. The van der Waals surface area contributed by atoms with Crippen molar-refractivity contribution in [2.75, 3.05) is 5.32 Å². The van der Waals surface area contributed by atoms with Gasteiger partial charge in [-0.1, -0.05) is 6.42 Å². The Hall–Kier alpha value is -1.70. The van der Waals surface area contributed by atoms with Crippen LogP contribution in [0.4, 0.5) is 15.8 Å². The van der Waals surface area contributed by atoms with Crippen LogP contribution in [0.5, 0.6) is 0 Å². The van der Waals surface area contributed by atoms with Crippen LogP contribution < -0.4 is 5.32 Å². The summed E-state index contributed by atoms with van der Waals surface area (Å²) in [4.78, 5) is 21.8. The summed E-state index contributed by atoms with van der Waals surface area (Å²) in [5.74, 6) is -1.60. The van der Waals surface area contributed by atoms with E-state index in [2.05, 4.69) is 21.2 Å². The zero-order chi connectivity index (χ0) is 15.8. The number of halogens is 2. The molecule has 0 amide bonds. The molecule has 2 N–H and O–H groups in total. The molecule has 1 fully saturated rings. The standard InChI is InChI=1S/C13H14BrFN2O4/c1-13(12(18)19)4-2-3-11(13)16-9-6-8(15)7(14)5-10(9)17(20)21/h5-6,11,16H,2-4H2,1H3,(H,18,19). The largest absolute Gasteiger partial charge is 0.481 e. The van der Waals surface area contributed by atoms with E-state index in [1.54, 1.807) is 6.92 Å². The monoisotopic (exact) mass is 360 g/mol. The maximum atomic E-state index is 13.6. The van der Waals surface area contributed by atoms with Gasteiger partial charge in [-0.15, -0.1) is 0 Å². The highest BCUT2D eigenvalue weighted by Crippen LogP contribution is 2.41. The van der Waals surface area contributed by atoms with E-state index in [4.69, 9.17) is 0 Å². The van der Waals surface area contributed by atoms with Crippen molar-refractivity contribution in [1.29, 1.82) is 0 Å². The first-order valence-corrected chi connectivity index (χ1v) is 7.18. The van der Waals surface area contributed by atoms with Gasteiger partial charge in [0.2, 0.25) is 0 Å². The van der Waals surface area contributed by atoms with Crippen LogP contribution in [0, 0.1) is 21.3 Å². The van der Waals surface area contributed by atoms with Crippen LogP contribution in [0.3, 0.4) is 0 Å². The highest BCUT2D eigenvalue weighted by Gasteiger charge is 2.45. The quantitative estimate of drug-likeness (QED) is 0.632. The molecule has 1 saturated carbocycles. The van der Waals surface area contributed by atoms with Gasteiger partial charge in [0.1, 0.15) is 11.5 Å². The molecule has 6 nitrogen and oxygen atoms in total. The number of hydrogen-bond acceptors (Lipinski definition) is 4. The molecule has 1 aromatic carbocycles. The van der Waals surface area contributed by atoms with E-state index in [-0.39, 0.29) is 15.8 Å². The van der Waals surface area contributed by atoms with Gasteiger partial charge in [0.25, 0.3) is 5.69 Å². The minimum atomic E-state index is -1.02. The highest BCUT2D eigenvalue weighted by molar-refractivity contribution is 9.10. The first kappa shape index (κ1) is 15.7. The predicted molar refractivity (Wildman–Crippen MR) is 77.8 cm³/mol. The summed E-state index contributed by atoms with van der Waals surface area (Å²) in [7, 11) is 0. The van der Waals surface area contributed by atoms with Crippen LogP contribution in [0.1, 0.15) is 26.2 Å². The number of carboxylic acid groups (broad SMARTS) is 1. The molecule has 114 valence electrons. The van der Waals surface area contributed by atoms with Crippen molar-refractivity contribution in [3.63, 3.8) is 0 Å². The Bertz CT molecular complexity index is 610. The summed E-state index contributed by atoms with van der Waals surface area (Å²) < 4.78 is 13.6. The summed E-state index contributed by atoms with van der Waals surface area (Å²) >= 11 is 2.91. The second-order valence-corrected chi connectivity index (χ2v) is 6.21. The summed E-state index contributed by atoms with van der Waals surface area (Å²) in [5, 5.41) is 23.3. The van der Waals surface area contributed by atoms with Gasteiger partial charge in [0.05, 0.1) is 14.8 Å².